The van der Waals surface area contributed by atoms with Crippen LogP contribution in [-0.2, 0) is 9.22 Å². The molecule has 1 saturated heterocycles. The molecule has 0 aromatic rings. The Morgan fingerprint density at radius 2 is 1.50 bits per heavy atom. The SMILES string of the molecule is CC(=O)N1C(C)(C)CC(O[Si](C)(C)C)CC1(C)C. The van der Waals surface area contributed by atoms with Gasteiger partial charge in [-0.25, -0.2) is 0 Å². The molecule has 0 saturated carbocycles. The summed E-state index contributed by atoms with van der Waals surface area (Å²) in [5.41, 5.74) is -0.254. The monoisotopic (exact) mass is 271 g/mol. The highest BCUT2D eigenvalue weighted by atomic mass is 28.4. The zero-order valence-electron chi connectivity index (χ0n) is 13.3. The van der Waals surface area contributed by atoms with Crippen molar-refractivity contribution in [3.8, 4) is 0 Å². The first-order valence-corrected chi connectivity index (χ1v) is 10.2. The van der Waals surface area contributed by atoms with Gasteiger partial charge in [0.1, 0.15) is 0 Å². The van der Waals surface area contributed by atoms with Crippen LogP contribution in [0.4, 0.5) is 0 Å². The maximum Gasteiger partial charge on any atom is 0.220 e. The van der Waals surface area contributed by atoms with E-state index in [1.54, 1.807) is 6.92 Å². The Hall–Kier alpha value is -0.353. The summed E-state index contributed by atoms with van der Waals surface area (Å²) in [6, 6.07) is 0. The van der Waals surface area contributed by atoms with E-state index in [1.807, 2.05) is 4.90 Å². The van der Waals surface area contributed by atoms with Crippen LogP contribution in [0.15, 0.2) is 0 Å². The zero-order valence-corrected chi connectivity index (χ0v) is 14.3. The number of hydrogen-bond acceptors (Lipinski definition) is 2. The second-order valence-electron chi connectivity index (χ2n) is 7.74. The third kappa shape index (κ3) is 3.57. The second-order valence-corrected chi connectivity index (χ2v) is 12.2. The molecule has 0 spiro atoms. The van der Waals surface area contributed by atoms with E-state index >= 15 is 0 Å². The van der Waals surface area contributed by atoms with E-state index in [4.69, 9.17) is 4.43 Å². The first-order valence-electron chi connectivity index (χ1n) is 6.84. The van der Waals surface area contributed by atoms with Gasteiger partial charge in [-0.05, 0) is 60.2 Å². The third-order valence-corrected chi connectivity index (χ3v) is 4.54. The van der Waals surface area contributed by atoms with Crippen molar-refractivity contribution in [2.45, 2.75) is 84.3 Å². The van der Waals surface area contributed by atoms with Crippen LogP contribution in [0.1, 0.15) is 47.5 Å². The fourth-order valence-corrected chi connectivity index (χ4v) is 4.79. The van der Waals surface area contributed by atoms with Gasteiger partial charge in [0, 0.05) is 24.1 Å². The van der Waals surface area contributed by atoms with Crippen molar-refractivity contribution >= 4 is 14.2 Å². The molecule has 1 heterocycles. The van der Waals surface area contributed by atoms with Crippen molar-refractivity contribution in [1.82, 2.24) is 4.90 Å². The summed E-state index contributed by atoms with van der Waals surface area (Å²) in [5, 5.41) is 0. The first-order chi connectivity index (χ1) is 7.85. The topological polar surface area (TPSA) is 29.5 Å². The molecule has 4 heteroatoms. The Bertz CT molecular complexity index is 313. The summed E-state index contributed by atoms with van der Waals surface area (Å²) in [6.07, 6.45) is 2.14. The van der Waals surface area contributed by atoms with E-state index in [2.05, 4.69) is 47.3 Å². The van der Waals surface area contributed by atoms with Gasteiger partial charge in [-0.1, -0.05) is 0 Å². The maximum absolute atomic E-state index is 11.9. The molecule has 0 N–H and O–H groups in total. The standard InChI is InChI=1S/C14H29NO2Si/c1-11(16)15-13(2,3)9-12(10-14(15,4)5)17-18(6,7)8/h12H,9-10H2,1-8H3. The van der Waals surface area contributed by atoms with E-state index < -0.39 is 8.32 Å². The lowest BCUT2D eigenvalue weighted by Gasteiger charge is -2.55. The highest BCUT2D eigenvalue weighted by Gasteiger charge is 2.47. The molecular formula is C14H29NO2Si. The summed E-state index contributed by atoms with van der Waals surface area (Å²) in [4.78, 5) is 13.9. The van der Waals surface area contributed by atoms with Crippen molar-refractivity contribution < 1.29 is 9.22 Å². The molecule has 1 amide bonds. The number of piperidine rings is 1. The number of amides is 1. The second kappa shape index (κ2) is 4.64. The van der Waals surface area contributed by atoms with Gasteiger partial charge >= 0.3 is 0 Å². The molecule has 0 aliphatic carbocycles. The highest BCUT2D eigenvalue weighted by molar-refractivity contribution is 6.69. The van der Waals surface area contributed by atoms with Crippen LogP contribution < -0.4 is 0 Å². The lowest BCUT2D eigenvalue weighted by atomic mass is 9.78. The van der Waals surface area contributed by atoms with E-state index in [0.29, 0.717) is 0 Å². The van der Waals surface area contributed by atoms with Gasteiger partial charge in [0.15, 0.2) is 8.32 Å². The van der Waals surface area contributed by atoms with Crippen LogP contribution in [-0.4, -0.2) is 36.3 Å². The molecule has 18 heavy (non-hydrogen) atoms. The lowest BCUT2D eigenvalue weighted by molar-refractivity contribution is -0.151. The molecule has 1 aliphatic heterocycles. The molecule has 1 rings (SSSR count). The maximum atomic E-state index is 11.9. The Labute approximate surface area is 113 Å². The van der Waals surface area contributed by atoms with Crippen molar-refractivity contribution in [3.05, 3.63) is 0 Å². The first kappa shape index (κ1) is 15.7. The molecule has 106 valence electrons. The van der Waals surface area contributed by atoms with Crippen molar-refractivity contribution in [3.63, 3.8) is 0 Å². The zero-order chi connectivity index (χ0) is 14.4. The Morgan fingerprint density at radius 1 is 1.11 bits per heavy atom. The fourth-order valence-electron chi connectivity index (χ4n) is 3.62. The van der Waals surface area contributed by atoms with Crippen LogP contribution in [0, 0.1) is 0 Å². The van der Waals surface area contributed by atoms with Gasteiger partial charge in [0.2, 0.25) is 5.91 Å². The highest BCUT2D eigenvalue weighted by Crippen LogP contribution is 2.40. The number of carbonyl (C=O) groups excluding carboxylic acids is 1. The number of likely N-dealkylation sites (tertiary alicyclic amines) is 1. The summed E-state index contributed by atoms with van der Waals surface area (Å²) in [6.45, 7) is 16.9. The number of nitrogens with zero attached hydrogens (tertiary/aromatic N) is 1. The molecule has 1 fully saturated rings. The fraction of sp³-hybridized carbons (Fsp3) is 0.929. The molecule has 0 atom stereocenters. The average Bonchev–Trinajstić information content (AvgIpc) is 1.90. The van der Waals surface area contributed by atoms with Crippen molar-refractivity contribution in [2.24, 2.45) is 0 Å². The summed E-state index contributed by atoms with van der Waals surface area (Å²) < 4.78 is 6.28. The number of hydrogen-bond donors (Lipinski definition) is 0. The van der Waals surface area contributed by atoms with Gasteiger partial charge in [-0.2, -0.15) is 0 Å². The smallest absolute Gasteiger partial charge is 0.220 e. The minimum absolute atomic E-state index is 0.127. The summed E-state index contributed by atoms with van der Waals surface area (Å²) in [7, 11) is -1.52. The minimum atomic E-state index is -1.52. The quantitative estimate of drug-likeness (QED) is 0.720. The van der Waals surface area contributed by atoms with Crippen LogP contribution in [0.3, 0.4) is 0 Å². The Morgan fingerprint density at radius 3 is 1.78 bits per heavy atom. The van der Waals surface area contributed by atoms with Crippen LogP contribution in [0.2, 0.25) is 19.6 Å². The predicted octanol–water partition coefficient (Wildman–Crippen LogP) is 3.41. The van der Waals surface area contributed by atoms with E-state index in [9.17, 15) is 4.79 Å². The lowest BCUT2D eigenvalue weighted by Crippen LogP contribution is -2.64. The van der Waals surface area contributed by atoms with Crippen LogP contribution in [0.5, 0.6) is 0 Å². The molecule has 0 radical (unpaired) electrons. The normalized spacial score (nSPS) is 24.1. The molecule has 0 aromatic carbocycles. The molecule has 0 aromatic heterocycles. The molecule has 0 unspecified atom stereocenters. The van der Waals surface area contributed by atoms with Crippen molar-refractivity contribution in [1.29, 1.82) is 0 Å². The van der Waals surface area contributed by atoms with Crippen LogP contribution >= 0.6 is 0 Å². The average molecular weight is 271 g/mol. The Balaban J connectivity index is 2.95. The molecular weight excluding hydrogens is 242 g/mol. The van der Waals surface area contributed by atoms with Gasteiger partial charge in [0.05, 0.1) is 0 Å². The predicted molar refractivity (Wildman–Crippen MR) is 78.1 cm³/mol. The molecule has 1 aliphatic rings. The van der Waals surface area contributed by atoms with Gasteiger partial charge in [-0.3, -0.25) is 4.79 Å². The van der Waals surface area contributed by atoms with E-state index in [-0.39, 0.29) is 23.1 Å². The van der Waals surface area contributed by atoms with Gasteiger partial charge < -0.3 is 9.33 Å². The minimum Gasteiger partial charge on any atom is -0.415 e. The Kier molecular flexibility index (Phi) is 4.05. The summed E-state index contributed by atoms with van der Waals surface area (Å²) in [5.74, 6) is 0.163. The van der Waals surface area contributed by atoms with Crippen LogP contribution in [0.25, 0.3) is 0 Å². The van der Waals surface area contributed by atoms with E-state index in [0.717, 1.165) is 12.8 Å². The number of rotatable bonds is 2. The third-order valence-electron chi connectivity index (χ3n) is 3.50. The van der Waals surface area contributed by atoms with Gasteiger partial charge in [0.25, 0.3) is 0 Å². The van der Waals surface area contributed by atoms with Gasteiger partial charge in [-0.15, -0.1) is 0 Å². The largest absolute Gasteiger partial charge is 0.415 e. The molecule has 3 nitrogen and oxygen atoms in total. The summed E-state index contributed by atoms with van der Waals surface area (Å²) >= 11 is 0. The molecule has 0 bridgehead atoms. The van der Waals surface area contributed by atoms with E-state index in [1.165, 1.54) is 0 Å². The van der Waals surface area contributed by atoms with Crippen molar-refractivity contribution in [2.75, 3.05) is 0 Å². The number of carbonyl (C=O) groups is 1.